The molecule has 0 N–H and O–H groups in total. The largest absolute Gasteiger partial charge is 0.461 e. The highest BCUT2D eigenvalue weighted by Crippen LogP contribution is 2.21. The Balaban J connectivity index is 1.49. The van der Waals surface area contributed by atoms with E-state index in [4.69, 9.17) is 4.74 Å². The number of nitrogens with zero attached hydrogens (tertiary/aromatic N) is 1. The lowest BCUT2D eigenvalue weighted by atomic mass is 10.1. The Kier molecular flexibility index (Phi) is 6.86. The monoisotopic (exact) mass is 401 g/mol. The fourth-order valence-corrected chi connectivity index (χ4v) is 4.77. The van der Waals surface area contributed by atoms with Crippen molar-refractivity contribution in [1.82, 2.24) is 4.31 Å². The zero-order chi connectivity index (χ0) is 20.0. The Morgan fingerprint density at radius 3 is 2.18 bits per heavy atom. The summed E-state index contributed by atoms with van der Waals surface area (Å²) >= 11 is 0. The van der Waals surface area contributed by atoms with Crippen molar-refractivity contribution in [2.75, 3.05) is 13.1 Å². The number of rotatable bonds is 7. The van der Waals surface area contributed by atoms with Gasteiger partial charge in [0.25, 0.3) is 0 Å². The van der Waals surface area contributed by atoms with Crippen LogP contribution in [-0.2, 0) is 32.6 Å². The van der Waals surface area contributed by atoms with Gasteiger partial charge in [-0.15, -0.1) is 0 Å². The third kappa shape index (κ3) is 5.42. The molecule has 1 aliphatic rings. The van der Waals surface area contributed by atoms with Gasteiger partial charge in [-0.05, 0) is 49.4 Å². The van der Waals surface area contributed by atoms with E-state index < -0.39 is 10.0 Å². The highest BCUT2D eigenvalue weighted by Gasteiger charge is 2.25. The third-order valence-corrected chi connectivity index (χ3v) is 6.93. The molecule has 6 heteroatoms. The van der Waals surface area contributed by atoms with Gasteiger partial charge in [-0.25, -0.2) is 8.42 Å². The molecule has 0 bridgehead atoms. The van der Waals surface area contributed by atoms with Crippen LogP contribution < -0.4 is 0 Å². The molecule has 150 valence electrons. The molecule has 1 aliphatic heterocycles. The second kappa shape index (κ2) is 9.34. The average molecular weight is 402 g/mol. The Hall–Kier alpha value is -2.18. The van der Waals surface area contributed by atoms with Crippen LogP contribution in [0, 0.1) is 6.92 Å². The lowest BCUT2D eigenvalue weighted by molar-refractivity contribution is -0.144. The van der Waals surface area contributed by atoms with E-state index in [9.17, 15) is 13.2 Å². The molecule has 28 heavy (non-hydrogen) atoms. The maximum absolute atomic E-state index is 12.7. The Labute approximate surface area is 167 Å². The second-order valence-electron chi connectivity index (χ2n) is 7.25. The Morgan fingerprint density at radius 1 is 0.929 bits per heavy atom. The molecule has 1 heterocycles. The van der Waals surface area contributed by atoms with E-state index in [0.717, 1.165) is 30.4 Å². The van der Waals surface area contributed by atoms with Crippen LogP contribution in [-0.4, -0.2) is 31.8 Å². The molecule has 2 aromatic carbocycles. The highest BCUT2D eigenvalue weighted by molar-refractivity contribution is 7.89. The number of esters is 1. The van der Waals surface area contributed by atoms with Crippen LogP contribution in [0.15, 0.2) is 53.4 Å². The smallest absolute Gasteiger partial charge is 0.306 e. The summed E-state index contributed by atoms with van der Waals surface area (Å²) in [7, 11) is -3.41. The van der Waals surface area contributed by atoms with Crippen molar-refractivity contribution in [1.29, 1.82) is 0 Å². The van der Waals surface area contributed by atoms with E-state index in [2.05, 4.69) is 0 Å². The summed E-state index contributed by atoms with van der Waals surface area (Å²) in [5.74, 6) is -0.259. The van der Waals surface area contributed by atoms with Gasteiger partial charge in [-0.3, -0.25) is 4.79 Å². The molecule has 1 fully saturated rings. The minimum atomic E-state index is -3.41. The number of piperidine rings is 1. The molecule has 0 atom stereocenters. The van der Waals surface area contributed by atoms with Gasteiger partial charge >= 0.3 is 5.97 Å². The quantitative estimate of drug-likeness (QED) is 0.661. The van der Waals surface area contributed by atoms with Crippen LogP contribution in [0.5, 0.6) is 0 Å². The van der Waals surface area contributed by atoms with E-state index in [1.807, 2.05) is 31.2 Å². The lowest BCUT2D eigenvalue weighted by Gasteiger charge is -2.25. The van der Waals surface area contributed by atoms with Crippen LogP contribution in [0.25, 0.3) is 0 Å². The van der Waals surface area contributed by atoms with Gasteiger partial charge in [0.05, 0.1) is 4.90 Å². The molecule has 0 aliphatic carbocycles. The summed E-state index contributed by atoms with van der Waals surface area (Å²) in [6.45, 7) is 3.47. The first kappa shape index (κ1) is 20.6. The first-order valence-electron chi connectivity index (χ1n) is 9.75. The summed E-state index contributed by atoms with van der Waals surface area (Å²) < 4.78 is 32.2. The molecule has 0 amide bonds. The van der Waals surface area contributed by atoms with Gasteiger partial charge in [0.15, 0.2) is 0 Å². The maximum Gasteiger partial charge on any atom is 0.306 e. The molecule has 0 radical (unpaired) electrons. The van der Waals surface area contributed by atoms with E-state index in [1.54, 1.807) is 28.6 Å². The number of hydrogen-bond acceptors (Lipinski definition) is 4. The average Bonchev–Trinajstić information content (AvgIpc) is 2.73. The maximum atomic E-state index is 12.7. The highest BCUT2D eigenvalue weighted by atomic mass is 32.2. The van der Waals surface area contributed by atoms with Crippen molar-refractivity contribution >= 4 is 16.0 Å². The number of benzene rings is 2. The Bertz CT molecular complexity index is 883. The predicted octanol–water partition coefficient (Wildman–Crippen LogP) is 3.85. The van der Waals surface area contributed by atoms with Crippen LogP contribution in [0.4, 0.5) is 0 Å². The topological polar surface area (TPSA) is 63.7 Å². The van der Waals surface area contributed by atoms with E-state index in [0.29, 0.717) is 24.4 Å². The van der Waals surface area contributed by atoms with Crippen molar-refractivity contribution in [3.63, 3.8) is 0 Å². The number of ether oxygens (including phenoxy) is 1. The zero-order valence-corrected chi connectivity index (χ0v) is 17.1. The second-order valence-corrected chi connectivity index (χ2v) is 9.19. The molecule has 5 nitrogen and oxygen atoms in total. The van der Waals surface area contributed by atoms with E-state index >= 15 is 0 Å². The number of carbonyl (C=O) groups is 1. The molecule has 3 rings (SSSR count). The summed E-state index contributed by atoms with van der Waals surface area (Å²) in [6.07, 6.45) is 3.72. The summed E-state index contributed by atoms with van der Waals surface area (Å²) in [4.78, 5) is 12.3. The van der Waals surface area contributed by atoms with Crippen LogP contribution in [0.2, 0.25) is 0 Å². The molecular formula is C22H27NO4S. The summed E-state index contributed by atoms with van der Waals surface area (Å²) in [6, 6.07) is 14.7. The van der Waals surface area contributed by atoms with Crippen LogP contribution in [0.3, 0.4) is 0 Å². The molecule has 0 unspecified atom stereocenters. The third-order valence-electron chi connectivity index (χ3n) is 5.01. The van der Waals surface area contributed by atoms with Crippen molar-refractivity contribution in [2.45, 2.75) is 50.5 Å². The normalized spacial score (nSPS) is 15.3. The molecular weight excluding hydrogens is 374 g/mol. The van der Waals surface area contributed by atoms with Gasteiger partial charge in [0.1, 0.15) is 6.61 Å². The fraction of sp³-hybridized carbons (Fsp3) is 0.409. The number of aryl methyl sites for hydroxylation is 2. The van der Waals surface area contributed by atoms with E-state index in [1.165, 1.54) is 5.56 Å². The van der Waals surface area contributed by atoms with Crippen LogP contribution >= 0.6 is 0 Å². The molecule has 2 aromatic rings. The zero-order valence-electron chi connectivity index (χ0n) is 16.3. The predicted molar refractivity (Wildman–Crippen MR) is 108 cm³/mol. The van der Waals surface area contributed by atoms with Crippen molar-refractivity contribution in [2.24, 2.45) is 0 Å². The number of carbonyl (C=O) groups excluding carboxylic acids is 1. The van der Waals surface area contributed by atoms with Crippen molar-refractivity contribution < 1.29 is 17.9 Å². The van der Waals surface area contributed by atoms with Gasteiger partial charge in [0, 0.05) is 19.5 Å². The van der Waals surface area contributed by atoms with Gasteiger partial charge in [0.2, 0.25) is 10.0 Å². The number of sulfonamides is 1. The molecule has 0 saturated carbocycles. The molecule has 0 spiro atoms. The summed E-state index contributed by atoms with van der Waals surface area (Å²) in [5, 5.41) is 0. The van der Waals surface area contributed by atoms with Gasteiger partial charge in [-0.2, -0.15) is 4.31 Å². The fourth-order valence-electron chi connectivity index (χ4n) is 3.25. The van der Waals surface area contributed by atoms with Gasteiger partial charge in [-0.1, -0.05) is 48.4 Å². The van der Waals surface area contributed by atoms with Crippen LogP contribution in [0.1, 0.15) is 42.4 Å². The lowest BCUT2D eigenvalue weighted by Crippen LogP contribution is -2.35. The van der Waals surface area contributed by atoms with Gasteiger partial charge < -0.3 is 4.74 Å². The van der Waals surface area contributed by atoms with Crippen molar-refractivity contribution in [3.05, 3.63) is 65.2 Å². The first-order chi connectivity index (χ1) is 13.4. The van der Waals surface area contributed by atoms with E-state index in [-0.39, 0.29) is 19.0 Å². The molecule has 1 saturated heterocycles. The first-order valence-corrected chi connectivity index (χ1v) is 11.2. The SMILES string of the molecule is Cc1ccc(COC(=O)CCc2ccc(S(=O)(=O)N3CCCCC3)cc2)cc1. The minimum absolute atomic E-state index is 0.259. The Morgan fingerprint density at radius 2 is 1.54 bits per heavy atom. The summed E-state index contributed by atoms with van der Waals surface area (Å²) in [5.41, 5.74) is 3.05. The number of hydrogen-bond donors (Lipinski definition) is 0. The van der Waals surface area contributed by atoms with Crippen molar-refractivity contribution in [3.8, 4) is 0 Å². The molecule has 0 aromatic heterocycles. The standard InChI is InChI=1S/C22H27NO4S/c1-18-5-7-20(8-6-18)17-27-22(24)14-11-19-9-12-21(13-10-19)28(25,26)23-15-3-2-4-16-23/h5-10,12-13H,2-4,11,14-17H2,1H3. The minimum Gasteiger partial charge on any atom is -0.461 e.